The van der Waals surface area contributed by atoms with E-state index in [0.29, 0.717) is 5.56 Å². The molecule has 48 heteroatoms. The molecule has 0 radical (unpaired) electrons. The van der Waals surface area contributed by atoms with Gasteiger partial charge in [0.2, 0.25) is 24.4 Å². The number of aliphatic carboxylic acids is 1. The Kier molecular flexibility index (Phi) is 31.1. The van der Waals surface area contributed by atoms with Crippen LogP contribution in [0.5, 0.6) is 0 Å². The van der Waals surface area contributed by atoms with Gasteiger partial charge in [0.25, 0.3) is 24.6 Å². The van der Waals surface area contributed by atoms with Crippen LogP contribution in [0, 0.1) is 5.92 Å². The molecule has 0 aliphatic carbocycles. The van der Waals surface area contributed by atoms with Crippen molar-refractivity contribution in [3.63, 3.8) is 0 Å². The summed E-state index contributed by atoms with van der Waals surface area (Å²) in [5.41, 5.74) is 5.06. The Morgan fingerprint density at radius 3 is 1.81 bits per heavy atom. The maximum absolute atomic E-state index is 13.4. The molecule has 8 rings (SSSR count). The highest BCUT2D eigenvalue weighted by Crippen LogP contribution is 2.52. The van der Waals surface area contributed by atoms with Gasteiger partial charge >= 0.3 is 19.5 Å². The van der Waals surface area contributed by atoms with E-state index in [9.17, 15) is 124 Å². The molecule has 22 N–H and O–H groups in total. The predicted octanol–water partition coefficient (Wildman–Crippen LogP) is -12.2. The fourth-order valence-electron chi connectivity index (χ4n) is 12.7. The van der Waals surface area contributed by atoms with Crippen molar-refractivity contribution in [3.05, 3.63) is 58.1 Å². The normalized spacial score (nSPS) is 37.5. The number of aliphatic hydroxyl groups is 14. The van der Waals surface area contributed by atoms with Crippen molar-refractivity contribution in [2.75, 3.05) is 59.0 Å². The number of Topliss-reactive ketones (excluding diaryl/α,β-unsaturated/α-hetero) is 1. The third kappa shape index (κ3) is 20.8. The summed E-state index contributed by atoms with van der Waals surface area (Å²) in [6.07, 6.45) is -50.5. The number of carboxylic acids is 1. The zero-order valence-electron chi connectivity index (χ0n) is 57.3. The number of anilines is 1. The van der Waals surface area contributed by atoms with Gasteiger partial charge in [-0.15, -0.1) is 0 Å². The molecule has 7 heterocycles. The van der Waals surface area contributed by atoms with E-state index in [-0.39, 0.29) is 44.0 Å². The molecule has 0 saturated carbocycles. The zero-order valence-corrected chi connectivity index (χ0v) is 58.2. The van der Waals surface area contributed by atoms with Crippen LogP contribution in [-0.2, 0) is 111 Å². The standard InChI is InChI=1S/C60H88N7O40P/c1-22(73)64-34-38(80)46(93-3)30(17-69)99-52(34)103-49-41(83)44(86)55(105-57(49)96-21-72)101-47-31(18-70)100-53(35(39(47)81)65-23(2)74)102-48-40(82)43(85)54(104-56(48)95-20-71)94-11-9-62-14-24-4-6-25(7-5-24)50(87)63-15-26(75)12-27-28(76)13-60(58(88)89,106-45(27)36(78)29(77)16-68)107-108(91,92)97-19-32-37(79)42(84)51(98-32)67-10-8-33(61)66-59(67)90/h4-8,10,20-21,27-32,34-49,51-57,62,68-70,76-86H,9,11-19H2,1-3H3,(H,63,87)(H,64,73)(H,65,74)(H,88,89)(H,91,92)(H2,61,66,90)/t27-,28-,29-,30?,31?,32-,34?,35?,36-,37+,38-,39-,40-,41-,42?,43?,44?,45?,46-,47-,48+,49+,51-,52-,53-,54-,55-,56?,57?,60-/m1/s1. The van der Waals surface area contributed by atoms with E-state index in [4.69, 9.17) is 76.4 Å². The molecule has 6 fully saturated rings. The number of hydrogen-bond acceptors (Lipinski definition) is 41. The Morgan fingerprint density at radius 1 is 0.713 bits per heavy atom. The summed E-state index contributed by atoms with van der Waals surface area (Å²) >= 11 is 0. The fraction of sp³-hybridized carbons (Fsp3) is 0.717. The molecule has 6 aliphatic rings. The second-order valence-electron chi connectivity index (χ2n) is 25.5. The van der Waals surface area contributed by atoms with Crippen LogP contribution in [0.15, 0.2) is 41.3 Å². The Labute approximate surface area is 609 Å². The van der Waals surface area contributed by atoms with Crippen molar-refractivity contribution in [2.24, 2.45) is 5.92 Å². The van der Waals surface area contributed by atoms with Crippen molar-refractivity contribution in [2.45, 2.75) is 211 Å². The van der Waals surface area contributed by atoms with E-state index in [1.165, 1.54) is 31.4 Å². The van der Waals surface area contributed by atoms with Crippen molar-refractivity contribution in [3.8, 4) is 0 Å². The minimum atomic E-state index is -5.74. The van der Waals surface area contributed by atoms with Gasteiger partial charge in [0.15, 0.2) is 49.4 Å². The molecule has 108 heavy (non-hydrogen) atoms. The number of aromatic nitrogens is 2. The van der Waals surface area contributed by atoms with Gasteiger partial charge in [0, 0.05) is 64.6 Å². The minimum Gasteiger partial charge on any atom is -0.477 e. The lowest BCUT2D eigenvalue weighted by Gasteiger charge is -2.49. The smallest absolute Gasteiger partial charge is 0.475 e. The van der Waals surface area contributed by atoms with E-state index in [0.717, 1.165) is 30.7 Å². The minimum absolute atomic E-state index is 0.00186. The van der Waals surface area contributed by atoms with Crippen LogP contribution in [-0.4, -0.2) is 358 Å². The first-order chi connectivity index (χ1) is 51.1. The van der Waals surface area contributed by atoms with Crippen molar-refractivity contribution < 1.29 is 190 Å². The van der Waals surface area contributed by atoms with Crippen LogP contribution in [0.4, 0.5) is 5.82 Å². The predicted molar refractivity (Wildman–Crippen MR) is 340 cm³/mol. The number of phosphoric acid groups is 1. The maximum atomic E-state index is 13.4. The van der Waals surface area contributed by atoms with Crippen LogP contribution >= 0.6 is 7.82 Å². The average molecular weight is 1580 g/mol. The van der Waals surface area contributed by atoms with Crippen LogP contribution in [0.25, 0.3) is 0 Å². The number of ketones is 1. The highest BCUT2D eigenvalue weighted by molar-refractivity contribution is 7.47. The number of methoxy groups -OCH3 is 1. The maximum Gasteiger partial charge on any atom is 0.475 e. The summed E-state index contributed by atoms with van der Waals surface area (Å²) in [7, 11) is -4.55. The van der Waals surface area contributed by atoms with Crippen molar-refractivity contribution in [1.29, 1.82) is 0 Å². The quantitative estimate of drug-likeness (QED) is 0.0171. The summed E-state index contributed by atoms with van der Waals surface area (Å²) in [5.74, 6) is -10.7. The molecule has 0 bridgehead atoms. The lowest BCUT2D eigenvalue weighted by molar-refractivity contribution is -0.398. The number of phosphoric ester groups is 1. The lowest BCUT2D eigenvalue weighted by Crippen LogP contribution is -2.70. The zero-order chi connectivity index (χ0) is 79.4. The Balaban J connectivity index is 0.806. The Morgan fingerprint density at radius 2 is 1.27 bits per heavy atom. The molecule has 0 spiro atoms. The first kappa shape index (κ1) is 87.0. The van der Waals surface area contributed by atoms with E-state index in [1.54, 1.807) is 0 Å². The van der Waals surface area contributed by atoms with Crippen molar-refractivity contribution in [1.82, 2.24) is 30.8 Å². The number of rotatable bonds is 36. The van der Waals surface area contributed by atoms with Gasteiger partial charge in [0.05, 0.1) is 51.8 Å². The SMILES string of the molecule is CO[C@@H]1C(CO)O[C@H](O[C@@H]2C(OC=O)O[C@@H](O[C@@H]3C(CO)O[C@H](O[C@@H]4C(OC=O)O[C@@H](OCCNCc5ccc(C(=O)NCC(=O)C[C@H]6C([C@H](O)[C@H](O)CO)O[C@](OP(=O)(O)OC[C@H]7O[C@@H](n8ccc(N)nc8=O)C(O)[C@H]7O)(C(=O)O)C[C@H]6O)cc5)C(O)[C@H]4O)C(NC(C)=O)[C@H]3O)C(O)[C@H]2O)C(NC(C)=O)[C@H]1O. The highest BCUT2D eigenvalue weighted by atomic mass is 31.2. The van der Waals surface area contributed by atoms with Crippen LogP contribution in [0.1, 0.15) is 48.8 Å². The number of benzene rings is 1. The van der Waals surface area contributed by atoms with Gasteiger partial charge in [-0.3, -0.25) is 37.9 Å². The Hall–Kier alpha value is -6.54. The molecule has 3 amide bonds. The van der Waals surface area contributed by atoms with Gasteiger partial charge in [-0.2, -0.15) is 4.98 Å². The number of nitrogens with zero attached hydrogens (tertiary/aromatic N) is 2. The number of nitrogens with two attached hydrogens (primary N) is 1. The monoisotopic (exact) mass is 1580 g/mol. The molecule has 6 aliphatic heterocycles. The van der Waals surface area contributed by atoms with Gasteiger partial charge in [-0.25, -0.2) is 18.7 Å². The number of hydrogen-bond donors (Lipinski definition) is 21. The van der Waals surface area contributed by atoms with Crippen LogP contribution in [0.2, 0.25) is 0 Å². The molecule has 6 saturated heterocycles. The number of carbonyl (C=O) groups is 7. The van der Waals surface area contributed by atoms with Gasteiger partial charge in [0.1, 0.15) is 109 Å². The summed E-state index contributed by atoms with van der Waals surface area (Å²) in [6, 6.07) is 3.65. The van der Waals surface area contributed by atoms with E-state index in [2.05, 4.69) is 26.3 Å². The number of amides is 3. The lowest BCUT2D eigenvalue weighted by atomic mass is 9.80. The third-order valence-corrected chi connectivity index (χ3v) is 19.1. The number of nitrogens with one attached hydrogen (secondary N) is 4. The molecular formula is C60H88N7O40P. The number of carboxylic acid groups (broad SMARTS) is 1. The molecular weight excluding hydrogens is 1490 g/mol. The average Bonchev–Trinajstić information content (AvgIpc) is 0.959. The van der Waals surface area contributed by atoms with E-state index in [1.807, 2.05) is 0 Å². The number of nitrogen functional groups attached to an aromatic ring is 1. The van der Waals surface area contributed by atoms with Gasteiger partial charge in [-0.05, 0) is 23.8 Å². The first-order valence-corrected chi connectivity index (χ1v) is 34.6. The third-order valence-electron chi connectivity index (χ3n) is 18.1. The summed E-state index contributed by atoms with van der Waals surface area (Å²) in [6.45, 7) is -3.25. The van der Waals surface area contributed by atoms with E-state index >= 15 is 0 Å². The molecule has 1 aromatic heterocycles. The number of carbonyl (C=O) groups excluding carboxylic acids is 6. The first-order valence-electron chi connectivity index (χ1n) is 33.1. The number of ether oxygens (including phenoxy) is 13. The van der Waals surface area contributed by atoms with Crippen LogP contribution in [0.3, 0.4) is 0 Å². The number of aliphatic hydroxyl groups excluding tert-OH is 14. The highest BCUT2D eigenvalue weighted by Gasteiger charge is 2.61. The molecule has 11 unspecified atom stereocenters. The summed E-state index contributed by atoms with van der Waals surface area (Å²) in [4.78, 5) is 114. The molecule has 1 aromatic carbocycles. The van der Waals surface area contributed by atoms with E-state index < -0.39 is 273 Å². The van der Waals surface area contributed by atoms with Crippen molar-refractivity contribution >= 4 is 56.1 Å². The van der Waals surface area contributed by atoms with Crippen LogP contribution < -0.4 is 32.7 Å². The molecule has 47 nitrogen and oxygen atoms in total. The molecule has 2 aromatic rings. The molecule has 31 atom stereocenters. The summed E-state index contributed by atoms with van der Waals surface area (Å²) < 4.78 is 96.3. The second kappa shape index (κ2) is 38.6. The van der Waals surface area contributed by atoms with Gasteiger partial charge in [-0.1, -0.05) is 12.1 Å². The largest absolute Gasteiger partial charge is 0.477 e. The topological polar surface area (TPSA) is 708 Å². The van der Waals surface area contributed by atoms with Gasteiger partial charge < -0.3 is 170 Å². The second-order valence-corrected chi connectivity index (χ2v) is 26.9. The summed E-state index contributed by atoms with van der Waals surface area (Å²) in [5, 5.41) is 173. The fourth-order valence-corrected chi connectivity index (χ4v) is 13.6. The Bertz CT molecular complexity index is 3450. The molecule has 608 valence electrons.